The number of allylic oxidation sites excluding steroid dienone is 4. The minimum atomic E-state index is -2.28. The maximum absolute atomic E-state index is 17.4. The van der Waals surface area contributed by atoms with Gasteiger partial charge in [0, 0.05) is 29.1 Å². The molecule has 9 atom stereocenters. The van der Waals surface area contributed by atoms with E-state index in [1.54, 1.807) is 20.8 Å². The number of aliphatic hydroxyl groups is 2. The molecular formula is C28H34F2O6S. The molecule has 0 aromatic rings. The van der Waals surface area contributed by atoms with Crippen LogP contribution < -0.4 is 0 Å². The van der Waals surface area contributed by atoms with Crippen molar-refractivity contribution in [1.82, 2.24) is 0 Å². The van der Waals surface area contributed by atoms with E-state index in [1.165, 1.54) is 19.1 Å². The lowest BCUT2D eigenvalue weighted by Gasteiger charge is -2.63. The number of hydrogen-bond acceptors (Lipinski definition) is 7. The van der Waals surface area contributed by atoms with E-state index in [0.29, 0.717) is 6.42 Å². The van der Waals surface area contributed by atoms with Gasteiger partial charge in [0.05, 0.1) is 11.9 Å². The van der Waals surface area contributed by atoms with E-state index in [2.05, 4.69) is 11.8 Å². The van der Waals surface area contributed by atoms with Crippen molar-refractivity contribution in [2.24, 2.45) is 28.6 Å². The van der Waals surface area contributed by atoms with Gasteiger partial charge in [-0.3, -0.25) is 14.4 Å². The SMILES string of the molecule is CCC(=O)O[C@]1(C(=O)SCC#CCO)[C@H](C)C[C@H]2[C@@H]3C[C@H](F)C4=CC(=O)C=C[C@]4(C)[C@@]3(F)[C@@H](O)C[C@@]21C. The fraction of sp³-hybridized carbons (Fsp3) is 0.679. The summed E-state index contributed by atoms with van der Waals surface area (Å²) in [5.74, 6) is 2.14. The van der Waals surface area contributed by atoms with Crippen LogP contribution in [0, 0.1) is 40.4 Å². The molecule has 202 valence electrons. The van der Waals surface area contributed by atoms with Crippen molar-refractivity contribution in [3.05, 3.63) is 23.8 Å². The topological polar surface area (TPSA) is 101 Å². The lowest BCUT2D eigenvalue weighted by Crippen LogP contribution is -2.70. The quantitative estimate of drug-likeness (QED) is 0.419. The number of halogens is 2. The van der Waals surface area contributed by atoms with Crippen LogP contribution in [-0.2, 0) is 19.1 Å². The second kappa shape index (κ2) is 9.62. The largest absolute Gasteiger partial charge is 0.449 e. The Morgan fingerprint density at radius 3 is 2.59 bits per heavy atom. The number of ketones is 1. The van der Waals surface area contributed by atoms with Gasteiger partial charge < -0.3 is 14.9 Å². The average Bonchev–Trinajstić information content (AvgIpc) is 3.06. The zero-order valence-electron chi connectivity index (χ0n) is 21.6. The normalized spacial score (nSPS) is 44.1. The van der Waals surface area contributed by atoms with E-state index in [1.807, 2.05) is 0 Å². The average molecular weight is 537 g/mol. The molecule has 0 aromatic heterocycles. The fourth-order valence-corrected chi connectivity index (χ4v) is 8.78. The van der Waals surface area contributed by atoms with Gasteiger partial charge in [0.2, 0.25) is 5.12 Å². The highest BCUT2D eigenvalue weighted by atomic mass is 32.2. The molecule has 0 amide bonds. The zero-order chi connectivity index (χ0) is 27.4. The molecule has 0 aromatic carbocycles. The standard InChI is InChI=1S/C28H34F2O6S/c1-5-23(34)36-28(24(35)37-11-7-6-10-31)16(2)12-18-19-14-21(29)20-13-17(32)8-9-25(20,3)27(19,30)22(33)15-26(18,28)4/h8-9,13,16,18-19,21-22,31,33H,5,10-12,14-15H2,1-4H3/t16-,18+,19+,21+,22+,25+,26+,27+,28+/m1/s1. The molecule has 0 saturated heterocycles. The predicted octanol–water partition coefficient (Wildman–Crippen LogP) is 3.50. The number of carbonyl (C=O) groups is 3. The van der Waals surface area contributed by atoms with Crippen molar-refractivity contribution < 1.29 is 38.1 Å². The van der Waals surface area contributed by atoms with Crippen molar-refractivity contribution in [2.75, 3.05) is 12.4 Å². The second-order valence-corrected chi connectivity index (χ2v) is 12.1. The highest BCUT2D eigenvalue weighted by Gasteiger charge is 2.78. The molecule has 0 spiro atoms. The molecule has 2 N–H and O–H groups in total. The highest BCUT2D eigenvalue weighted by molar-refractivity contribution is 8.14. The minimum Gasteiger partial charge on any atom is -0.449 e. The summed E-state index contributed by atoms with van der Waals surface area (Å²) < 4.78 is 39.0. The van der Waals surface area contributed by atoms with Crippen LogP contribution in [0.1, 0.15) is 53.4 Å². The van der Waals surface area contributed by atoms with Crippen molar-refractivity contribution in [3.8, 4) is 11.8 Å². The van der Waals surface area contributed by atoms with Crippen LogP contribution in [0.4, 0.5) is 8.78 Å². The van der Waals surface area contributed by atoms with E-state index < -0.39 is 69.0 Å². The van der Waals surface area contributed by atoms with E-state index >= 15 is 8.78 Å². The summed E-state index contributed by atoms with van der Waals surface area (Å²) in [6.07, 6.45) is 0.438. The molecule has 9 heteroatoms. The van der Waals surface area contributed by atoms with Crippen LogP contribution in [0.15, 0.2) is 23.8 Å². The summed E-state index contributed by atoms with van der Waals surface area (Å²) in [7, 11) is 0. The molecule has 3 fully saturated rings. The first-order valence-electron chi connectivity index (χ1n) is 12.7. The summed E-state index contributed by atoms with van der Waals surface area (Å²) >= 11 is 0.863. The van der Waals surface area contributed by atoms with Gasteiger partial charge >= 0.3 is 5.97 Å². The third-order valence-electron chi connectivity index (χ3n) is 9.51. The molecule has 0 bridgehead atoms. The maximum atomic E-state index is 17.4. The predicted molar refractivity (Wildman–Crippen MR) is 135 cm³/mol. The number of fused-ring (bicyclic) bond motifs is 5. The molecule has 4 rings (SSSR count). The first-order chi connectivity index (χ1) is 17.3. The molecule has 0 unspecified atom stereocenters. The molecular weight excluding hydrogens is 502 g/mol. The zero-order valence-corrected chi connectivity index (χ0v) is 22.4. The number of rotatable bonds is 4. The number of carbonyl (C=O) groups excluding carboxylic acids is 3. The van der Waals surface area contributed by atoms with E-state index in [-0.39, 0.29) is 37.2 Å². The smallest absolute Gasteiger partial charge is 0.306 e. The second-order valence-electron chi connectivity index (χ2n) is 11.1. The summed E-state index contributed by atoms with van der Waals surface area (Å²) in [6, 6.07) is 0. The fourth-order valence-electron chi connectivity index (χ4n) is 7.79. The third-order valence-corrected chi connectivity index (χ3v) is 10.4. The number of aliphatic hydroxyl groups excluding tert-OH is 2. The molecule has 3 saturated carbocycles. The Labute approximate surface area is 220 Å². The number of thioether (sulfide) groups is 1. The minimum absolute atomic E-state index is 0.0219. The van der Waals surface area contributed by atoms with Crippen molar-refractivity contribution in [2.45, 2.75) is 76.9 Å². The van der Waals surface area contributed by atoms with Crippen LogP contribution in [-0.4, -0.2) is 63.0 Å². The van der Waals surface area contributed by atoms with Gasteiger partial charge in [-0.05, 0) is 49.8 Å². The summed E-state index contributed by atoms with van der Waals surface area (Å²) in [5, 5.41) is 20.0. The van der Waals surface area contributed by atoms with Crippen molar-refractivity contribution in [1.29, 1.82) is 0 Å². The van der Waals surface area contributed by atoms with Gasteiger partial charge in [-0.25, -0.2) is 8.78 Å². The monoisotopic (exact) mass is 536 g/mol. The first kappa shape index (κ1) is 28.0. The highest BCUT2D eigenvalue weighted by Crippen LogP contribution is 2.72. The Kier molecular flexibility index (Phi) is 7.28. The van der Waals surface area contributed by atoms with Crippen LogP contribution in [0.2, 0.25) is 0 Å². The molecule has 0 aliphatic heterocycles. The van der Waals surface area contributed by atoms with Gasteiger partial charge in [0.25, 0.3) is 0 Å². The van der Waals surface area contributed by atoms with Crippen LogP contribution >= 0.6 is 11.8 Å². The Morgan fingerprint density at radius 1 is 1.24 bits per heavy atom. The first-order valence-corrected chi connectivity index (χ1v) is 13.7. The van der Waals surface area contributed by atoms with Crippen molar-refractivity contribution >= 4 is 28.6 Å². The Balaban J connectivity index is 1.82. The third kappa shape index (κ3) is 3.77. The molecule has 0 heterocycles. The van der Waals surface area contributed by atoms with E-state index in [4.69, 9.17) is 9.84 Å². The Hall–Kier alpha value is -2.02. The van der Waals surface area contributed by atoms with Crippen LogP contribution in [0.5, 0.6) is 0 Å². The lowest BCUT2D eigenvalue weighted by molar-refractivity contribution is -0.228. The number of esters is 1. The number of alkyl halides is 2. The van der Waals surface area contributed by atoms with E-state index in [0.717, 1.165) is 17.8 Å². The number of ether oxygens (including phenoxy) is 1. The molecule has 0 radical (unpaired) electrons. The van der Waals surface area contributed by atoms with E-state index in [9.17, 15) is 19.5 Å². The van der Waals surface area contributed by atoms with Gasteiger partial charge in [0.1, 0.15) is 12.8 Å². The summed E-state index contributed by atoms with van der Waals surface area (Å²) in [4.78, 5) is 38.5. The van der Waals surface area contributed by atoms with Gasteiger partial charge in [-0.1, -0.05) is 50.4 Å². The van der Waals surface area contributed by atoms with Gasteiger partial charge in [-0.2, -0.15) is 0 Å². The summed E-state index contributed by atoms with van der Waals surface area (Å²) in [5.41, 5.74) is -6.62. The number of hydrogen-bond donors (Lipinski definition) is 2. The lowest BCUT2D eigenvalue weighted by atomic mass is 9.44. The Morgan fingerprint density at radius 2 is 1.95 bits per heavy atom. The van der Waals surface area contributed by atoms with Gasteiger partial charge in [-0.15, -0.1) is 0 Å². The van der Waals surface area contributed by atoms with Gasteiger partial charge in [0.15, 0.2) is 17.1 Å². The molecule has 4 aliphatic rings. The molecule has 6 nitrogen and oxygen atoms in total. The molecule has 37 heavy (non-hydrogen) atoms. The Bertz CT molecular complexity index is 1130. The maximum Gasteiger partial charge on any atom is 0.306 e. The van der Waals surface area contributed by atoms with Crippen LogP contribution in [0.3, 0.4) is 0 Å². The van der Waals surface area contributed by atoms with Crippen LogP contribution in [0.25, 0.3) is 0 Å². The van der Waals surface area contributed by atoms with Crippen molar-refractivity contribution in [3.63, 3.8) is 0 Å². The summed E-state index contributed by atoms with van der Waals surface area (Å²) in [6.45, 7) is 6.30. The molecule has 4 aliphatic carbocycles.